The molecule has 2 fully saturated rings. The zero-order valence-electron chi connectivity index (χ0n) is 22.4. The highest BCUT2D eigenvalue weighted by Gasteiger charge is 2.29. The number of ether oxygens (including phenoxy) is 1. The molecule has 1 heterocycles. The van der Waals surface area contributed by atoms with Crippen LogP contribution < -0.4 is 5.32 Å². The molecule has 0 aromatic rings. The van der Waals surface area contributed by atoms with Crippen LogP contribution in [-0.2, 0) is 23.9 Å². The number of aliphatic hydroxyl groups excluding tert-OH is 1. The van der Waals surface area contributed by atoms with Gasteiger partial charge in [0, 0.05) is 25.9 Å². The molecule has 8 nitrogen and oxygen atoms in total. The zero-order valence-corrected chi connectivity index (χ0v) is 22.4. The SMILES string of the molecule is C.CCCCC(CC)CO.CCCCC(CC)COC(=O)C1CCC(=O)N1.O=C1CCC(C(=O)O)C1. The van der Waals surface area contributed by atoms with Crippen molar-refractivity contribution in [3.63, 3.8) is 0 Å². The van der Waals surface area contributed by atoms with Gasteiger partial charge in [-0.25, -0.2) is 4.79 Å². The van der Waals surface area contributed by atoms with Crippen LogP contribution >= 0.6 is 0 Å². The summed E-state index contributed by atoms with van der Waals surface area (Å²) in [5.41, 5.74) is 0. The second-order valence-corrected chi connectivity index (χ2v) is 9.62. The summed E-state index contributed by atoms with van der Waals surface area (Å²) in [6.07, 6.45) is 11.6. The normalized spacial score (nSPS) is 20.0. The van der Waals surface area contributed by atoms with Crippen molar-refractivity contribution in [2.24, 2.45) is 17.8 Å². The first-order valence-electron chi connectivity index (χ1n) is 13.5. The summed E-state index contributed by atoms with van der Waals surface area (Å²) in [6.45, 7) is 9.46. The monoisotopic (exact) mass is 515 g/mol. The molecule has 0 spiro atoms. The van der Waals surface area contributed by atoms with E-state index in [1.807, 2.05) is 0 Å². The molecular weight excluding hydrogens is 462 g/mol. The van der Waals surface area contributed by atoms with E-state index in [9.17, 15) is 19.2 Å². The molecule has 8 heteroatoms. The third-order valence-electron chi connectivity index (χ3n) is 6.68. The van der Waals surface area contributed by atoms with Crippen LogP contribution in [0.4, 0.5) is 0 Å². The van der Waals surface area contributed by atoms with Gasteiger partial charge in [0.1, 0.15) is 11.8 Å². The van der Waals surface area contributed by atoms with E-state index in [2.05, 4.69) is 33.0 Å². The summed E-state index contributed by atoms with van der Waals surface area (Å²) in [6, 6.07) is -0.411. The maximum atomic E-state index is 11.6. The molecule has 4 atom stereocenters. The Bertz CT molecular complexity index is 619. The van der Waals surface area contributed by atoms with Gasteiger partial charge in [0.05, 0.1) is 12.5 Å². The summed E-state index contributed by atoms with van der Waals surface area (Å²) in [7, 11) is 0. The number of carbonyl (C=O) groups excluding carboxylic acids is 3. The molecule has 1 saturated carbocycles. The predicted octanol–water partition coefficient (Wildman–Crippen LogP) is 5.30. The number of ketones is 1. The number of aliphatic hydroxyl groups is 1. The molecule has 2 rings (SSSR count). The summed E-state index contributed by atoms with van der Waals surface area (Å²) >= 11 is 0. The minimum Gasteiger partial charge on any atom is -0.481 e. The highest BCUT2D eigenvalue weighted by Crippen LogP contribution is 2.21. The Morgan fingerprint density at radius 1 is 0.972 bits per heavy atom. The first-order valence-corrected chi connectivity index (χ1v) is 13.5. The molecule has 0 aromatic carbocycles. The molecule has 4 unspecified atom stereocenters. The Morgan fingerprint density at radius 2 is 1.56 bits per heavy atom. The molecule has 3 N–H and O–H groups in total. The largest absolute Gasteiger partial charge is 0.481 e. The topological polar surface area (TPSA) is 130 Å². The van der Waals surface area contributed by atoms with E-state index in [4.69, 9.17) is 14.9 Å². The van der Waals surface area contributed by atoms with Crippen molar-refractivity contribution in [2.75, 3.05) is 13.2 Å². The highest BCUT2D eigenvalue weighted by molar-refractivity contribution is 5.88. The van der Waals surface area contributed by atoms with Crippen LogP contribution in [0.2, 0.25) is 0 Å². The number of unbranched alkanes of at least 4 members (excludes halogenated alkanes) is 2. The number of aliphatic carboxylic acids is 1. The highest BCUT2D eigenvalue weighted by atomic mass is 16.5. The van der Waals surface area contributed by atoms with Gasteiger partial charge in [0.25, 0.3) is 0 Å². The third kappa shape index (κ3) is 16.7. The molecule has 1 amide bonds. The van der Waals surface area contributed by atoms with Gasteiger partial charge in [-0.2, -0.15) is 0 Å². The van der Waals surface area contributed by atoms with Gasteiger partial charge in [-0.15, -0.1) is 0 Å². The molecule has 0 bridgehead atoms. The number of nitrogens with one attached hydrogen (secondary N) is 1. The van der Waals surface area contributed by atoms with Crippen molar-refractivity contribution in [3.8, 4) is 0 Å². The van der Waals surface area contributed by atoms with Crippen LogP contribution in [-0.4, -0.2) is 53.1 Å². The Labute approximate surface area is 218 Å². The predicted molar refractivity (Wildman–Crippen MR) is 143 cm³/mol. The lowest BCUT2D eigenvalue weighted by atomic mass is 10.0. The molecule has 2 aliphatic rings. The molecule has 1 saturated heterocycles. The van der Waals surface area contributed by atoms with Crippen molar-refractivity contribution in [1.82, 2.24) is 5.32 Å². The van der Waals surface area contributed by atoms with Crippen molar-refractivity contribution >= 4 is 23.6 Å². The number of esters is 1. The first-order chi connectivity index (χ1) is 16.7. The number of rotatable bonds is 13. The molecule has 1 aliphatic heterocycles. The third-order valence-corrected chi connectivity index (χ3v) is 6.68. The summed E-state index contributed by atoms with van der Waals surface area (Å²) in [4.78, 5) is 43.3. The molecule has 0 aromatic heterocycles. The van der Waals surface area contributed by atoms with Gasteiger partial charge in [-0.05, 0) is 37.5 Å². The Kier molecular flexibility index (Phi) is 22.4. The van der Waals surface area contributed by atoms with E-state index < -0.39 is 17.9 Å². The molecule has 212 valence electrons. The quantitative estimate of drug-likeness (QED) is 0.284. The first kappa shape index (κ1) is 36.2. The molecule has 36 heavy (non-hydrogen) atoms. The fourth-order valence-corrected chi connectivity index (χ4v) is 3.93. The minimum atomic E-state index is -0.833. The lowest BCUT2D eigenvalue weighted by Crippen LogP contribution is -2.35. The Hall–Kier alpha value is -1.96. The average molecular weight is 516 g/mol. The minimum absolute atomic E-state index is 0. The number of hydrogen-bond acceptors (Lipinski definition) is 6. The van der Waals surface area contributed by atoms with Crippen LogP contribution in [0.15, 0.2) is 0 Å². The second-order valence-electron chi connectivity index (χ2n) is 9.62. The fraction of sp³-hybridized carbons (Fsp3) is 0.857. The average Bonchev–Trinajstić information content (AvgIpc) is 3.49. The number of amides is 1. The number of hydrogen-bond donors (Lipinski definition) is 3. The smallest absolute Gasteiger partial charge is 0.328 e. The standard InChI is InChI=1S/C13H23NO3.C8H18O.C6H8O3.CH4/c1-3-5-6-10(4-2)9-17-13(16)11-7-8-12(15)14-11;1-3-5-6-8(4-2)7-9;7-5-2-1-4(3-5)6(8)9;/h10-11H,3-9H2,1-2H3,(H,14,15);8-9H,3-7H2,1-2H3;4H,1-3H2,(H,8,9);1H4. The maximum Gasteiger partial charge on any atom is 0.328 e. The number of carbonyl (C=O) groups is 4. The summed E-state index contributed by atoms with van der Waals surface area (Å²) in [5, 5.41) is 19.8. The number of Topliss-reactive ketones (excluding diaryl/α,β-unsaturated/α-hetero) is 1. The van der Waals surface area contributed by atoms with Crippen molar-refractivity contribution in [1.29, 1.82) is 0 Å². The summed E-state index contributed by atoms with van der Waals surface area (Å²) < 4.78 is 5.27. The lowest BCUT2D eigenvalue weighted by molar-refractivity contribution is -0.148. The van der Waals surface area contributed by atoms with E-state index in [1.54, 1.807) is 0 Å². The molecule has 1 aliphatic carbocycles. The van der Waals surface area contributed by atoms with Crippen LogP contribution in [0.3, 0.4) is 0 Å². The van der Waals surface area contributed by atoms with Gasteiger partial charge < -0.3 is 20.3 Å². The Balaban J connectivity index is 0. The van der Waals surface area contributed by atoms with Crippen LogP contribution in [0.5, 0.6) is 0 Å². The van der Waals surface area contributed by atoms with Gasteiger partial charge in [0.15, 0.2) is 0 Å². The van der Waals surface area contributed by atoms with Crippen LogP contribution in [0, 0.1) is 17.8 Å². The van der Waals surface area contributed by atoms with Crippen LogP contribution in [0.1, 0.15) is 119 Å². The van der Waals surface area contributed by atoms with Crippen molar-refractivity contribution in [3.05, 3.63) is 0 Å². The lowest BCUT2D eigenvalue weighted by Gasteiger charge is -2.16. The van der Waals surface area contributed by atoms with Gasteiger partial charge in [-0.1, -0.05) is 73.6 Å². The number of carboxylic acid groups (broad SMARTS) is 1. The number of carboxylic acids is 1. The Morgan fingerprint density at radius 3 is 1.92 bits per heavy atom. The van der Waals surface area contributed by atoms with Crippen molar-refractivity contribution in [2.45, 2.75) is 125 Å². The summed E-state index contributed by atoms with van der Waals surface area (Å²) in [5.74, 6) is -0.447. The van der Waals surface area contributed by atoms with E-state index in [0.717, 1.165) is 19.3 Å². The zero-order chi connectivity index (χ0) is 26.6. The van der Waals surface area contributed by atoms with Gasteiger partial charge in [-0.3, -0.25) is 14.4 Å². The molecular formula is C28H53NO7. The van der Waals surface area contributed by atoms with Gasteiger partial charge >= 0.3 is 11.9 Å². The maximum absolute atomic E-state index is 11.6. The van der Waals surface area contributed by atoms with E-state index in [-0.39, 0.29) is 31.5 Å². The van der Waals surface area contributed by atoms with Crippen molar-refractivity contribution < 1.29 is 34.1 Å². The van der Waals surface area contributed by atoms with E-state index in [1.165, 1.54) is 32.1 Å². The van der Waals surface area contributed by atoms with Gasteiger partial charge in [0.2, 0.25) is 5.91 Å². The van der Waals surface area contributed by atoms with E-state index >= 15 is 0 Å². The van der Waals surface area contributed by atoms with E-state index in [0.29, 0.717) is 50.7 Å². The fourth-order valence-electron chi connectivity index (χ4n) is 3.93. The van der Waals surface area contributed by atoms with Crippen LogP contribution in [0.25, 0.3) is 0 Å². The second kappa shape index (κ2) is 22.3. The molecule has 0 radical (unpaired) electrons.